The first kappa shape index (κ1) is 23.7. The first-order chi connectivity index (χ1) is 15.1. The van der Waals surface area contributed by atoms with Crippen LogP contribution in [-0.2, 0) is 11.3 Å². The Morgan fingerprint density at radius 2 is 2.06 bits per heavy atom. The van der Waals surface area contributed by atoms with Crippen LogP contribution in [0.3, 0.4) is 0 Å². The molecule has 1 atom stereocenters. The molecule has 0 aromatic heterocycles. The highest BCUT2D eigenvalue weighted by Gasteiger charge is 2.42. The molecular weight excluding hydrogens is 392 g/mol. The summed E-state index contributed by atoms with van der Waals surface area (Å²) in [5.74, 6) is 2.54. The van der Waals surface area contributed by atoms with Gasteiger partial charge in [0.2, 0.25) is 0 Å². The van der Waals surface area contributed by atoms with Crippen LogP contribution in [0.25, 0.3) is 0 Å². The van der Waals surface area contributed by atoms with Gasteiger partial charge in [-0.15, -0.1) is 0 Å². The van der Waals surface area contributed by atoms with E-state index in [2.05, 4.69) is 42.0 Å². The highest BCUT2D eigenvalue weighted by atomic mass is 16.5. The average Bonchev–Trinajstić information content (AvgIpc) is 3.44. The van der Waals surface area contributed by atoms with E-state index in [-0.39, 0.29) is 0 Å². The predicted octanol–water partition coefficient (Wildman–Crippen LogP) is 2.99. The molecule has 1 aromatic rings. The van der Waals surface area contributed by atoms with Crippen molar-refractivity contribution in [2.45, 2.75) is 40.2 Å². The number of nitrogens with one attached hydrogen (secondary N) is 1. The lowest BCUT2D eigenvalue weighted by atomic mass is 9.87. The van der Waals surface area contributed by atoms with Crippen LogP contribution in [0, 0.1) is 5.41 Å². The molecule has 2 fully saturated rings. The number of rotatable bonds is 10. The molecule has 0 radical (unpaired) electrons. The lowest BCUT2D eigenvalue weighted by molar-refractivity contribution is 0.156. The fourth-order valence-electron chi connectivity index (χ4n) is 4.43. The number of ether oxygens (including phenoxy) is 3. The summed E-state index contributed by atoms with van der Waals surface area (Å²) in [6.45, 7) is 15.4. The summed E-state index contributed by atoms with van der Waals surface area (Å²) in [5, 5.41) is 3.47. The smallest absolute Gasteiger partial charge is 0.194 e. The molecule has 7 heteroatoms. The minimum absolute atomic E-state index is 0.323. The van der Waals surface area contributed by atoms with Crippen LogP contribution in [0.5, 0.6) is 11.5 Å². The molecule has 0 bridgehead atoms. The summed E-state index contributed by atoms with van der Waals surface area (Å²) in [6, 6.07) is 6.12. The molecule has 2 aliphatic rings. The highest BCUT2D eigenvalue weighted by Crippen LogP contribution is 2.38. The van der Waals surface area contributed by atoms with Crippen LogP contribution in [0.15, 0.2) is 23.2 Å². The molecule has 1 spiro atoms. The van der Waals surface area contributed by atoms with Crippen LogP contribution >= 0.6 is 0 Å². The third-order valence-corrected chi connectivity index (χ3v) is 6.46. The van der Waals surface area contributed by atoms with Crippen molar-refractivity contribution >= 4 is 5.96 Å². The monoisotopic (exact) mass is 432 g/mol. The Labute approximate surface area is 187 Å². The number of likely N-dealkylation sites (N-methyl/N-ethyl adjacent to an activating group) is 1. The second-order valence-corrected chi connectivity index (χ2v) is 8.50. The first-order valence-electron chi connectivity index (χ1n) is 11.8. The molecule has 1 aromatic carbocycles. The summed E-state index contributed by atoms with van der Waals surface area (Å²) in [4.78, 5) is 9.65. The van der Waals surface area contributed by atoms with E-state index in [1.165, 1.54) is 6.42 Å². The number of likely N-dealkylation sites (tertiary alicyclic amines) is 1. The quantitative estimate of drug-likeness (QED) is 0.453. The number of guanidine groups is 1. The summed E-state index contributed by atoms with van der Waals surface area (Å²) < 4.78 is 17.2. The lowest BCUT2D eigenvalue weighted by Gasteiger charge is -2.25. The van der Waals surface area contributed by atoms with Gasteiger partial charge in [0.25, 0.3) is 0 Å². The van der Waals surface area contributed by atoms with Crippen molar-refractivity contribution < 1.29 is 14.2 Å². The maximum atomic E-state index is 5.98. The molecule has 174 valence electrons. The molecule has 2 saturated heterocycles. The summed E-state index contributed by atoms with van der Waals surface area (Å²) in [5.41, 5.74) is 1.44. The Kier molecular flexibility index (Phi) is 8.84. The van der Waals surface area contributed by atoms with Gasteiger partial charge in [-0.3, -0.25) is 0 Å². The van der Waals surface area contributed by atoms with Gasteiger partial charge >= 0.3 is 0 Å². The normalized spacial score (nSPS) is 21.3. The Balaban J connectivity index is 1.61. The molecule has 0 amide bonds. The van der Waals surface area contributed by atoms with Gasteiger partial charge in [-0.25, -0.2) is 4.99 Å². The van der Waals surface area contributed by atoms with Crippen molar-refractivity contribution in [3.63, 3.8) is 0 Å². The first-order valence-corrected chi connectivity index (χ1v) is 11.8. The van der Waals surface area contributed by atoms with Crippen molar-refractivity contribution in [1.82, 2.24) is 15.1 Å². The minimum atomic E-state index is 0.323. The zero-order valence-corrected chi connectivity index (χ0v) is 19.8. The molecule has 0 saturated carbocycles. The SMILES string of the molecule is CCNC(=NCc1ccc(OCCN(CC)CC)c(OC)c1)N1CCC2(CCOC2)C1. The molecule has 31 heavy (non-hydrogen) atoms. The van der Waals surface area contributed by atoms with Crippen molar-refractivity contribution in [1.29, 1.82) is 0 Å². The number of aliphatic imine (C=N–C) groups is 1. The number of hydrogen-bond acceptors (Lipinski definition) is 5. The summed E-state index contributed by atoms with van der Waals surface area (Å²) >= 11 is 0. The second-order valence-electron chi connectivity index (χ2n) is 8.50. The van der Waals surface area contributed by atoms with E-state index in [4.69, 9.17) is 19.2 Å². The van der Waals surface area contributed by atoms with Crippen LogP contribution in [0.2, 0.25) is 0 Å². The molecule has 1 N–H and O–H groups in total. The summed E-state index contributed by atoms with van der Waals surface area (Å²) in [6.07, 6.45) is 2.35. The number of hydrogen-bond donors (Lipinski definition) is 1. The standard InChI is InChI=1S/C24H40N4O3/c1-5-25-23(28-12-10-24(18-28)11-14-30-19-24)26-17-20-8-9-21(22(16-20)29-4)31-15-13-27(6-2)7-3/h8-9,16H,5-7,10-15,17-19H2,1-4H3,(H,25,26). The van der Waals surface area contributed by atoms with Crippen LogP contribution in [-0.4, -0.2) is 82.0 Å². The van der Waals surface area contributed by atoms with Gasteiger partial charge in [-0.05, 0) is 50.6 Å². The van der Waals surface area contributed by atoms with Gasteiger partial charge in [0.05, 0.1) is 20.3 Å². The number of methoxy groups -OCH3 is 1. The molecule has 2 aliphatic heterocycles. The fraction of sp³-hybridized carbons (Fsp3) is 0.708. The Bertz CT molecular complexity index is 715. The molecule has 1 unspecified atom stereocenters. The number of nitrogens with zero attached hydrogens (tertiary/aromatic N) is 3. The zero-order chi connectivity index (χ0) is 22.1. The van der Waals surface area contributed by atoms with Crippen LogP contribution < -0.4 is 14.8 Å². The maximum absolute atomic E-state index is 5.98. The van der Waals surface area contributed by atoms with Crippen LogP contribution in [0.4, 0.5) is 0 Å². The predicted molar refractivity (Wildman–Crippen MR) is 125 cm³/mol. The summed E-state index contributed by atoms with van der Waals surface area (Å²) in [7, 11) is 1.69. The van der Waals surface area contributed by atoms with Gasteiger partial charge in [-0.1, -0.05) is 19.9 Å². The van der Waals surface area contributed by atoms with Gasteiger partial charge in [0.1, 0.15) is 6.61 Å². The topological polar surface area (TPSA) is 58.6 Å². The Hall–Kier alpha value is -1.99. The third-order valence-electron chi connectivity index (χ3n) is 6.46. The van der Waals surface area contributed by atoms with E-state index in [0.717, 1.165) is 81.9 Å². The fourth-order valence-corrected chi connectivity index (χ4v) is 4.43. The van der Waals surface area contributed by atoms with E-state index in [9.17, 15) is 0 Å². The highest BCUT2D eigenvalue weighted by molar-refractivity contribution is 5.80. The van der Waals surface area contributed by atoms with Crippen molar-refractivity contribution in [2.24, 2.45) is 10.4 Å². The maximum Gasteiger partial charge on any atom is 0.194 e. The minimum Gasteiger partial charge on any atom is -0.493 e. The van der Waals surface area contributed by atoms with Crippen molar-refractivity contribution in [3.8, 4) is 11.5 Å². The van der Waals surface area contributed by atoms with Crippen molar-refractivity contribution in [2.75, 3.05) is 66.2 Å². The van der Waals surface area contributed by atoms with Gasteiger partial charge < -0.3 is 29.3 Å². The zero-order valence-electron chi connectivity index (χ0n) is 19.8. The van der Waals surface area contributed by atoms with Crippen LogP contribution in [0.1, 0.15) is 39.2 Å². The van der Waals surface area contributed by atoms with E-state index in [1.807, 2.05) is 12.1 Å². The largest absolute Gasteiger partial charge is 0.493 e. The van der Waals surface area contributed by atoms with E-state index >= 15 is 0 Å². The molecule has 2 heterocycles. The van der Waals surface area contributed by atoms with E-state index < -0.39 is 0 Å². The van der Waals surface area contributed by atoms with E-state index in [1.54, 1.807) is 7.11 Å². The molecule has 0 aliphatic carbocycles. The van der Waals surface area contributed by atoms with Gasteiger partial charge in [0.15, 0.2) is 17.5 Å². The number of benzene rings is 1. The lowest BCUT2D eigenvalue weighted by Crippen LogP contribution is -2.41. The van der Waals surface area contributed by atoms with Gasteiger partial charge in [-0.2, -0.15) is 0 Å². The second kappa shape index (κ2) is 11.6. The molecule has 3 rings (SSSR count). The third kappa shape index (κ3) is 6.26. The Morgan fingerprint density at radius 1 is 1.23 bits per heavy atom. The van der Waals surface area contributed by atoms with Gasteiger partial charge in [0, 0.05) is 38.2 Å². The molecule has 7 nitrogen and oxygen atoms in total. The Morgan fingerprint density at radius 3 is 2.74 bits per heavy atom. The van der Waals surface area contributed by atoms with Crippen molar-refractivity contribution in [3.05, 3.63) is 23.8 Å². The van der Waals surface area contributed by atoms with E-state index in [0.29, 0.717) is 18.6 Å². The molecular formula is C24H40N4O3. The average molecular weight is 433 g/mol.